The maximum absolute atomic E-state index is 12.4. The van der Waals surface area contributed by atoms with Crippen molar-refractivity contribution < 1.29 is 9.63 Å². The van der Waals surface area contributed by atoms with Crippen molar-refractivity contribution in [1.29, 1.82) is 0 Å². The van der Waals surface area contributed by atoms with Crippen molar-refractivity contribution in [3.05, 3.63) is 42.0 Å². The predicted octanol–water partition coefficient (Wildman–Crippen LogP) is 5.21. The molecule has 2 heterocycles. The van der Waals surface area contributed by atoms with Gasteiger partial charge in [0.2, 0.25) is 5.91 Å². The van der Waals surface area contributed by atoms with Gasteiger partial charge in [0.05, 0.1) is 12.2 Å². The van der Waals surface area contributed by atoms with Crippen molar-refractivity contribution >= 4 is 11.6 Å². The van der Waals surface area contributed by atoms with Gasteiger partial charge in [-0.3, -0.25) is 9.63 Å². The molecule has 4 heteroatoms. The molecule has 166 valence electrons. The number of fused-ring (bicyclic) bond motifs is 7. The number of amides is 1. The van der Waals surface area contributed by atoms with E-state index in [2.05, 4.69) is 67.3 Å². The van der Waals surface area contributed by atoms with Gasteiger partial charge in [0, 0.05) is 19.5 Å². The van der Waals surface area contributed by atoms with Gasteiger partial charge in [-0.05, 0) is 84.8 Å². The van der Waals surface area contributed by atoms with Crippen LogP contribution >= 0.6 is 0 Å². The maximum Gasteiger partial charge on any atom is 0.222 e. The lowest BCUT2D eigenvalue weighted by atomic mass is 9.47. The van der Waals surface area contributed by atoms with Crippen LogP contribution in [0.3, 0.4) is 0 Å². The lowest BCUT2D eigenvalue weighted by Gasteiger charge is -2.61. The largest absolute Gasteiger partial charge is 0.342 e. The molecule has 1 saturated heterocycles. The van der Waals surface area contributed by atoms with Gasteiger partial charge in [0.15, 0.2) is 0 Å². The Hall–Kier alpha value is -1.81. The fourth-order valence-corrected chi connectivity index (χ4v) is 8.59. The molecule has 4 fully saturated rings. The second kappa shape index (κ2) is 6.84. The number of likely N-dealkylation sites (tertiary alicyclic amines) is 1. The SMILES string of the molecule is CN1C(=O)CC[C@@]2(C)C1CC[C@@H]1[C@@H]2CC[C@]2(C)C3=CCN(c4ccccc4)O[C@H]3C[C@@H]12. The maximum atomic E-state index is 12.4. The Bertz CT molecular complexity index is 913. The summed E-state index contributed by atoms with van der Waals surface area (Å²) in [7, 11) is 2.05. The Morgan fingerprint density at radius 3 is 2.65 bits per heavy atom. The summed E-state index contributed by atoms with van der Waals surface area (Å²) in [6.07, 6.45) is 10.7. The Morgan fingerprint density at radius 1 is 1.03 bits per heavy atom. The Balaban J connectivity index is 1.28. The topological polar surface area (TPSA) is 32.8 Å². The number of hydrogen-bond acceptors (Lipinski definition) is 3. The highest BCUT2D eigenvalue weighted by Crippen LogP contribution is 2.66. The molecule has 1 aromatic rings. The number of rotatable bonds is 1. The molecule has 0 aromatic heterocycles. The van der Waals surface area contributed by atoms with E-state index in [0.29, 0.717) is 17.9 Å². The third kappa shape index (κ3) is 2.73. The summed E-state index contributed by atoms with van der Waals surface area (Å²) in [5.41, 5.74) is 3.30. The molecule has 4 nitrogen and oxygen atoms in total. The number of para-hydroxylation sites is 1. The van der Waals surface area contributed by atoms with Crippen molar-refractivity contribution in [3.8, 4) is 0 Å². The van der Waals surface area contributed by atoms with E-state index in [1.54, 1.807) is 5.57 Å². The zero-order valence-electron chi connectivity index (χ0n) is 19.2. The normalized spacial score (nSPS) is 44.2. The second-order valence-corrected chi connectivity index (χ2v) is 11.3. The Kier molecular flexibility index (Phi) is 4.38. The highest BCUT2D eigenvalue weighted by Gasteiger charge is 2.62. The van der Waals surface area contributed by atoms with E-state index < -0.39 is 0 Å². The first kappa shape index (κ1) is 19.8. The first-order chi connectivity index (χ1) is 14.9. The molecule has 0 radical (unpaired) electrons. The summed E-state index contributed by atoms with van der Waals surface area (Å²) < 4.78 is 0. The minimum atomic E-state index is 0.226. The molecule has 7 atom stereocenters. The van der Waals surface area contributed by atoms with Gasteiger partial charge in [0.1, 0.15) is 6.10 Å². The van der Waals surface area contributed by atoms with E-state index in [-0.39, 0.29) is 16.9 Å². The highest BCUT2D eigenvalue weighted by molar-refractivity contribution is 5.77. The fourth-order valence-electron chi connectivity index (χ4n) is 8.59. The van der Waals surface area contributed by atoms with Gasteiger partial charge < -0.3 is 4.90 Å². The van der Waals surface area contributed by atoms with Crippen LogP contribution in [0.15, 0.2) is 42.0 Å². The number of hydrogen-bond donors (Lipinski definition) is 0. The molecular weight excluding hydrogens is 384 g/mol. The molecule has 0 bridgehead atoms. The summed E-state index contributed by atoms with van der Waals surface area (Å²) in [6.45, 7) is 5.89. The van der Waals surface area contributed by atoms with Crippen LogP contribution in [-0.2, 0) is 9.63 Å². The average Bonchev–Trinajstić information content (AvgIpc) is 3.09. The van der Waals surface area contributed by atoms with E-state index in [9.17, 15) is 4.79 Å². The van der Waals surface area contributed by atoms with Crippen LogP contribution in [0.5, 0.6) is 0 Å². The van der Waals surface area contributed by atoms with Crippen molar-refractivity contribution in [2.45, 2.75) is 70.9 Å². The van der Waals surface area contributed by atoms with Gasteiger partial charge in [-0.2, -0.15) is 0 Å². The van der Waals surface area contributed by atoms with E-state index in [1.807, 2.05) is 0 Å². The van der Waals surface area contributed by atoms with E-state index in [0.717, 1.165) is 43.3 Å². The molecule has 0 spiro atoms. The summed E-state index contributed by atoms with van der Waals surface area (Å²) in [5.74, 6) is 2.57. The second-order valence-electron chi connectivity index (χ2n) is 11.3. The van der Waals surface area contributed by atoms with Crippen LogP contribution in [0.2, 0.25) is 0 Å². The summed E-state index contributed by atoms with van der Waals surface area (Å²) in [4.78, 5) is 21.1. The zero-order chi connectivity index (χ0) is 21.4. The van der Waals surface area contributed by atoms with E-state index in [1.165, 1.54) is 25.7 Å². The molecule has 3 saturated carbocycles. The van der Waals surface area contributed by atoms with Gasteiger partial charge >= 0.3 is 0 Å². The lowest BCUT2D eigenvalue weighted by Crippen LogP contribution is -2.61. The molecular formula is C27H36N2O2. The third-order valence-electron chi connectivity index (χ3n) is 10.2. The highest BCUT2D eigenvalue weighted by atomic mass is 16.7. The summed E-state index contributed by atoms with van der Waals surface area (Å²) in [5, 5.41) is 2.09. The summed E-state index contributed by atoms with van der Waals surface area (Å²) in [6, 6.07) is 11.0. The molecule has 1 unspecified atom stereocenters. The van der Waals surface area contributed by atoms with Crippen LogP contribution in [0.25, 0.3) is 0 Å². The number of carbonyl (C=O) groups is 1. The molecule has 31 heavy (non-hydrogen) atoms. The smallest absolute Gasteiger partial charge is 0.222 e. The lowest BCUT2D eigenvalue weighted by molar-refractivity contribution is -0.156. The molecule has 3 aliphatic carbocycles. The summed E-state index contributed by atoms with van der Waals surface area (Å²) >= 11 is 0. The van der Waals surface area contributed by atoms with Crippen LogP contribution in [0.1, 0.15) is 58.8 Å². The number of hydroxylamine groups is 1. The standard InChI is InChI=1S/C27H36N2O2/c1-26-14-11-20-19(9-10-24-27(20,2)15-12-25(30)28(24)3)22(26)17-23-21(26)13-16-29(31-23)18-7-5-4-6-8-18/h4-8,13,19-20,22-24H,9-12,14-17H2,1-3H3/t19-,20+,22+,23+,24?,26-,27-/m1/s1. The van der Waals surface area contributed by atoms with Crippen molar-refractivity contribution in [2.75, 3.05) is 18.7 Å². The van der Waals surface area contributed by atoms with Crippen LogP contribution < -0.4 is 5.06 Å². The van der Waals surface area contributed by atoms with Crippen molar-refractivity contribution in [2.24, 2.45) is 28.6 Å². The third-order valence-corrected chi connectivity index (χ3v) is 10.2. The van der Waals surface area contributed by atoms with Gasteiger partial charge in [0.25, 0.3) is 0 Å². The number of nitrogens with zero attached hydrogens (tertiary/aromatic N) is 2. The van der Waals surface area contributed by atoms with Gasteiger partial charge in [-0.15, -0.1) is 0 Å². The minimum absolute atomic E-state index is 0.226. The number of carbonyl (C=O) groups excluding carboxylic acids is 1. The average molecular weight is 421 g/mol. The quantitative estimate of drug-likeness (QED) is 0.585. The van der Waals surface area contributed by atoms with Crippen molar-refractivity contribution in [3.63, 3.8) is 0 Å². The van der Waals surface area contributed by atoms with Crippen molar-refractivity contribution in [1.82, 2.24) is 4.90 Å². The number of benzene rings is 1. The fraction of sp³-hybridized carbons (Fsp3) is 0.667. The predicted molar refractivity (Wildman–Crippen MR) is 122 cm³/mol. The molecule has 6 rings (SSSR count). The zero-order valence-corrected chi connectivity index (χ0v) is 19.2. The Labute approximate surface area is 186 Å². The molecule has 0 N–H and O–H groups in total. The number of piperidine rings is 1. The first-order valence-corrected chi connectivity index (χ1v) is 12.4. The van der Waals surface area contributed by atoms with Crippen LogP contribution in [0, 0.1) is 28.6 Å². The molecule has 2 aliphatic heterocycles. The molecule has 5 aliphatic rings. The Morgan fingerprint density at radius 2 is 1.84 bits per heavy atom. The number of anilines is 1. The van der Waals surface area contributed by atoms with Gasteiger partial charge in [-0.25, -0.2) is 5.06 Å². The van der Waals surface area contributed by atoms with Crippen LogP contribution in [0.4, 0.5) is 5.69 Å². The van der Waals surface area contributed by atoms with E-state index in [4.69, 9.17) is 4.84 Å². The van der Waals surface area contributed by atoms with Gasteiger partial charge in [-0.1, -0.05) is 38.1 Å². The molecule has 1 aromatic carbocycles. The van der Waals surface area contributed by atoms with Crippen LogP contribution in [-0.4, -0.2) is 36.5 Å². The molecule has 1 amide bonds. The first-order valence-electron chi connectivity index (χ1n) is 12.4. The minimum Gasteiger partial charge on any atom is -0.342 e. The monoisotopic (exact) mass is 420 g/mol. The van der Waals surface area contributed by atoms with E-state index >= 15 is 0 Å².